The van der Waals surface area contributed by atoms with Crippen molar-refractivity contribution >= 4 is 33.2 Å². The first kappa shape index (κ1) is 19.2. The third-order valence-electron chi connectivity index (χ3n) is 3.19. The zero-order chi connectivity index (χ0) is 18.4. The fourth-order valence-electron chi connectivity index (χ4n) is 1.93. The standard InChI is InChI=1S/C16H16ClFN2O4S/c1-24-9-8-19-16(21)11-2-7-14(17)15(10-11)20-25(22,23)13-5-3-12(18)4-6-13/h2-7,10,20H,8-9H2,1H3,(H,19,21). The number of anilines is 1. The predicted octanol–water partition coefficient (Wildman–Crippen LogP) is 2.66. The van der Waals surface area contributed by atoms with Gasteiger partial charge in [0, 0.05) is 19.2 Å². The fraction of sp³-hybridized carbons (Fsp3) is 0.188. The molecule has 2 N–H and O–H groups in total. The van der Waals surface area contributed by atoms with Crippen LogP contribution in [0.3, 0.4) is 0 Å². The number of methoxy groups -OCH3 is 1. The van der Waals surface area contributed by atoms with E-state index in [0.717, 1.165) is 24.3 Å². The SMILES string of the molecule is COCCNC(=O)c1ccc(Cl)c(NS(=O)(=O)c2ccc(F)cc2)c1. The minimum atomic E-state index is -3.97. The average molecular weight is 387 g/mol. The normalized spacial score (nSPS) is 11.2. The van der Waals surface area contributed by atoms with Crippen LogP contribution in [0.1, 0.15) is 10.4 Å². The molecule has 134 valence electrons. The zero-order valence-electron chi connectivity index (χ0n) is 13.3. The molecule has 2 aromatic carbocycles. The molecule has 2 aromatic rings. The summed E-state index contributed by atoms with van der Waals surface area (Å²) in [7, 11) is -2.46. The van der Waals surface area contributed by atoms with Crippen molar-refractivity contribution in [1.29, 1.82) is 0 Å². The second kappa shape index (κ2) is 8.28. The van der Waals surface area contributed by atoms with Crippen molar-refractivity contribution in [3.8, 4) is 0 Å². The number of hydrogen-bond donors (Lipinski definition) is 2. The van der Waals surface area contributed by atoms with E-state index in [0.29, 0.717) is 13.2 Å². The number of sulfonamides is 1. The smallest absolute Gasteiger partial charge is 0.261 e. The van der Waals surface area contributed by atoms with Gasteiger partial charge in [-0.15, -0.1) is 0 Å². The number of nitrogens with one attached hydrogen (secondary N) is 2. The fourth-order valence-corrected chi connectivity index (χ4v) is 3.22. The van der Waals surface area contributed by atoms with Crippen LogP contribution in [0.15, 0.2) is 47.4 Å². The highest BCUT2D eigenvalue weighted by Crippen LogP contribution is 2.26. The molecule has 0 radical (unpaired) electrons. The first-order valence-corrected chi connectivity index (χ1v) is 9.04. The molecule has 0 aliphatic rings. The van der Waals surface area contributed by atoms with Crippen LogP contribution in [-0.2, 0) is 14.8 Å². The van der Waals surface area contributed by atoms with Crippen LogP contribution in [0, 0.1) is 5.82 Å². The molecule has 9 heteroatoms. The summed E-state index contributed by atoms with van der Waals surface area (Å²) in [6.07, 6.45) is 0. The summed E-state index contributed by atoms with van der Waals surface area (Å²) in [6.45, 7) is 0.665. The first-order valence-electron chi connectivity index (χ1n) is 7.18. The number of hydrogen-bond acceptors (Lipinski definition) is 4. The number of ether oxygens (including phenoxy) is 1. The quantitative estimate of drug-likeness (QED) is 0.716. The van der Waals surface area contributed by atoms with E-state index in [2.05, 4.69) is 10.0 Å². The molecule has 0 aliphatic heterocycles. The molecule has 2 rings (SSSR count). The van der Waals surface area contributed by atoms with Gasteiger partial charge in [-0.25, -0.2) is 12.8 Å². The van der Waals surface area contributed by atoms with Crippen molar-refractivity contribution in [1.82, 2.24) is 5.32 Å². The topological polar surface area (TPSA) is 84.5 Å². The lowest BCUT2D eigenvalue weighted by Crippen LogP contribution is -2.27. The monoisotopic (exact) mass is 386 g/mol. The Bertz CT molecular complexity index is 857. The van der Waals surface area contributed by atoms with Gasteiger partial charge in [0.1, 0.15) is 5.82 Å². The third-order valence-corrected chi connectivity index (χ3v) is 4.90. The van der Waals surface area contributed by atoms with E-state index in [4.69, 9.17) is 16.3 Å². The van der Waals surface area contributed by atoms with Crippen LogP contribution in [0.2, 0.25) is 5.02 Å². The average Bonchev–Trinajstić information content (AvgIpc) is 2.57. The van der Waals surface area contributed by atoms with Gasteiger partial charge in [-0.2, -0.15) is 0 Å². The molecule has 6 nitrogen and oxygen atoms in total. The van der Waals surface area contributed by atoms with E-state index in [9.17, 15) is 17.6 Å². The van der Waals surface area contributed by atoms with Gasteiger partial charge in [-0.05, 0) is 42.5 Å². The van der Waals surface area contributed by atoms with E-state index >= 15 is 0 Å². The van der Waals surface area contributed by atoms with Gasteiger partial charge in [0.25, 0.3) is 15.9 Å². The van der Waals surface area contributed by atoms with Crippen molar-refractivity contribution in [3.05, 3.63) is 58.9 Å². The van der Waals surface area contributed by atoms with Crippen LogP contribution >= 0.6 is 11.6 Å². The lowest BCUT2D eigenvalue weighted by molar-refractivity contribution is 0.0937. The Hall–Kier alpha value is -2.16. The second-order valence-electron chi connectivity index (χ2n) is 5.00. The molecular formula is C16H16ClFN2O4S. The highest BCUT2D eigenvalue weighted by atomic mass is 35.5. The summed E-state index contributed by atoms with van der Waals surface area (Å²) in [4.78, 5) is 11.9. The van der Waals surface area contributed by atoms with Gasteiger partial charge in [0.2, 0.25) is 0 Å². The van der Waals surface area contributed by atoms with Crippen molar-refractivity contribution < 1.29 is 22.3 Å². The van der Waals surface area contributed by atoms with Crippen LogP contribution in [0.4, 0.5) is 10.1 Å². The molecular weight excluding hydrogens is 371 g/mol. The number of halogens is 2. The minimum absolute atomic E-state index is 0.0467. The van der Waals surface area contributed by atoms with E-state index < -0.39 is 21.7 Å². The molecule has 0 fully saturated rings. The second-order valence-corrected chi connectivity index (χ2v) is 7.09. The molecule has 0 heterocycles. The van der Waals surface area contributed by atoms with E-state index in [1.54, 1.807) is 0 Å². The Morgan fingerprint density at radius 1 is 1.20 bits per heavy atom. The van der Waals surface area contributed by atoms with Crippen molar-refractivity contribution in [3.63, 3.8) is 0 Å². The third kappa shape index (κ3) is 5.15. The number of amides is 1. The van der Waals surface area contributed by atoms with E-state index in [-0.39, 0.29) is 21.2 Å². The Labute approximate surface area is 150 Å². The maximum absolute atomic E-state index is 12.9. The highest BCUT2D eigenvalue weighted by molar-refractivity contribution is 7.92. The largest absolute Gasteiger partial charge is 0.383 e. The van der Waals surface area contributed by atoms with Gasteiger partial charge >= 0.3 is 0 Å². The van der Waals surface area contributed by atoms with Gasteiger partial charge in [-0.1, -0.05) is 11.6 Å². The molecule has 0 saturated carbocycles. The summed E-state index contributed by atoms with van der Waals surface area (Å²) in [5, 5.41) is 2.75. The number of carbonyl (C=O) groups is 1. The van der Waals surface area contributed by atoms with Gasteiger partial charge in [-0.3, -0.25) is 9.52 Å². The maximum Gasteiger partial charge on any atom is 0.261 e. The zero-order valence-corrected chi connectivity index (χ0v) is 14.8. The lowest BCUT2D eigenvalue weighted by atomic mass is 10.2. The van der Waals surface area contributed by atoms with Gasteiger partial charge in [0.15, 0.2) is 0 Å². The summed E-state index contributed by atoms with van der Waals surface area (Å²) in [5.41, 5.74) is 0.280. The summed E-state index contributed by atoms with van der Waals surface area (Å²) in [6, 6.07) is 8.55. The first-order chi connectivity index (χ1) is 11.8. The summed E-state index contributed by atoms with van der Waals surface area (Å²) < 4.78 is 44.8. The molecule has 0 bridgehead atoms. The molecule has 25 heavy (non-hydrogen) atoms. The number of rotatable bonds is 7. The van der Waals surface area contributed by atoms with Crippen LogP contribution < -0.4 is 10.0 Å². The lowest BCUT2D eigenvalue weighted by Gasteiger charge is -2.11. The summed E-state index contributed by atoms with van der Waals surface area (Å²) in [5.74, 6) is -0.942. The van der Waals surface area contributed by atoms with Crippen molar-refractivity contribution in [2.45, 2.75) is 4.90 Å². The predicted molar refractivity (Wildman–Crippen MR) is 92.9 cm³/mol. The van der Waals surface area contributed by atoms with Crippen LogP contribution in [0.5, 0.6) is 0 Å². The molecule has 0 aromatic heterocycles. The Morgan fingerprint density at radius 2 is 1.88 bits per heavy atom. The molecule has 0 unspecified atom stereocenters. The van der Waals surface area contributed by atoms with Gasteiger partial charge in [0.05, 0.1) is 22.2 Å². The van der Waals surface area contributed by atoms with E-state index in [1.807, 2.05) is 0 Å². The van der Waals surface area contributed by atoms with Gasteiger partial charge < -0.3 is 10.1 Å². The van der Waals surface area contributed by atoms with Crippen LogP contribution in [-0.4, -0.2) is 34.6 Å². The molecule has 1 amide bonds. The molecule has 0 spiro atoms. The Balaban J connectivity index is 2.22. The van der Waals surface area contributed by atoms with E-state index in [1.165, 1.54) is 25.3 Å². The molecule has 0 aliphatic carbocycles. The highest BCUT2D eigenvalue weighted by Gasteiger charge is 2.17. The number of benzene rings is 2. The summed E-state index contributed by atoms with van der Waals surface area (Å²) >= 11 is 6.01. The minimum Gasteiger partial charge on any atom is -0.383 e. The van der Waals surface area contributed by atoms with Crippen LogP contribution in [0.25, 0.3) is 0 Å². The Kier molecular flexibility index (Phi) is 6.35. The number of carbonyl (C=O) groups excluding carboxylic acids is 1. The maximum atomic E-state index is 12.9. The van der Waals surface area contributed by atoms with Crippen molar-refractivity contribution in [2.24, 2.45) is 0 Å². The molecule has 0 atom stereocenters. The van der Waals surface area contributed by atoms with Crippen molar-refractivity contribution in [2.75, 3.05) is 25.0 Å². The Morgan fingerprint density at radius 3 is 2.52 bits per heavy atom. The molecule has 0 saturated heterocycles.